The van der Waals surface area contributed by atoms with Crippen LogP contribution >= 0.6 is 0 Å². The topological polar surface area (TPSA) is 40.5 Å². The van der Waals surface area contributed by atoms with Gasteiger partial charge in [0.25, 0.3) is 0 Å². The molecule has 0 aromatic heterocycles. The molecule has 0 aromatic rings. The van der Waals surface area contributed by atoms with Gasteiger partial charge in [0.05, 0.1) is 12.2 Å². The van der Waals surface area contributed by atoms with E-state index in [1.165, 1.54) is 25.7 Å². The Labute approximate surface area is 127 Å². The highest BCUT2D eigenvalue weighted by atomic mass is 16.3. The molecule has 4 unspecified atom stereocenters. The Balaban J connectivity index is 3.33. The van der Waals surface area contributed by atoms with Gasteiger partial charge in [-0.3, -0.25) is 0 Å². The Bertz CT molecular complexity index is 184. The number of unbranched alkanes of at least 4 members (excludes halogenated alkanes) is 5. The molecule has 0 spiro atoms. The summed E-state index contributed by atoms with van der Waals surface area (Å²) in [7, 11) is 0. The minimum atomic E-state index is -0.106. The molecule has 0 rings (SSSR count). The largest absolute Gasteiger partial charge is 0.393 e. The van der Waals surface area contributed by atoms with E-state index < -0.39 is 0 Å². The van der Waals surface area contributed by atoms with Crippen LogP contribution in [0, 0.1) is 11.8 Å². The first-order valence-corrected chi connectivity index (χ1v) is 8.88. The molecule has 0 saturated heterocycles. The minimum Gasteiger partial charge on any atom is -0.393 e. The van der Waals surface area contributed by atoms with E-state index >= 15 is 0 Å². The van der Waals surface area contributed by atoms with Crippen molar-refractivity contribution < 1.29 is 10.2 Å². The lowest BCUT2D eigenvalue weighted by Gasteiger charge is -2.17. The highest BCUT2D eigenvalue weighted by Crippen LogP contribution is 2.17. The van der Waals surface area contributed by atoms with Crippen molar-refractivity contribution in [2.45, 2.75) is 104 Å². The molecule has 122 valence electrons. The maximum Gasteiger partial charge on any atom is 0.0565 e. The summed E-state index contributed by atoms with van der Waals surface area (Å²) >= 11 is 0. The molecule has 0 aromatic carbocycles. The summed E-state index contributed by atoms with van der Waals surface area (Å²) < 4.78 is 0. The maximum atomic E-state index is 9.87. The van der Waals surface area contributed by atoms with Gasteiger partial charge in [-0.15, -0.1) is 0 Å². The number of hydrogen-bond acceptors (Lipinski definition) is 2. The van der Waals surface area contributed by atoms with E-state index in [0.29, 0.717) is 11.8 Å². The smallest absolute Gasteiger partial charge is 0.0565 e. The van der Waals surface area contributed by atoms with Crippen molar-refractivity contribution in [3.63, 3.8) is 0 Å². The first kappa shape index (κ1) is 19.9. The van der Waals surface area contributed by atoms with Crippen molar-refractivity contribution >= 4 is 0 Å². The highest BCUT2D eigenvalue weighted by Gasteiger charge is 2.12. The fourth-order valence-corrected chi connectivity index (χ4v) is 2.53. The van der Waals surface area contributed by atoms with Crippen molar-refractivity contribution in [2.24, 2.45) is 11.8 Å². The summed E-state index contributed by atoms with van der Waals surface area (Å²) in [6.07, 6.45) is 11.2. The molecule has 0 aliphatic carbocycles. The molecule has 0 saturated carbocycles. The molecule has 0 aliphatic heterocycles. The van der Waals surface area contributed by atoms with Crippen LogP contribution < -0.4 is 0 Å². The molecule has 0 fully saturated rings. The van der Waals surface area contributed by atoms with Crippen molar-refractivity contribution in [3.8, 4) is 0 Å². The molecule has 2 N–H and O–H groups in total. The zero-order chi connectivity index (χ0) is 15.4. The number of aliphatic hydroxyl groups excluding tert-OH is 2. The van der Waals surface area contributed by atoms with E-state index in [0.717, 1.165) is 38.5 Å². The van der Waals surface area contributed by atoms with Crippen LogP contribution in [-0.2, 0) is 0 Å². The Hall–Kier alpha value is -0.0800. The third kappa shape index (κ3) is 9.77. The van der Waals surface area contributed by atoms with Gasteiger partial charge in [0, 0.05) is 0 Å². The van der Waals surface area contributed by atoms with Crippen molar-refractivity contribution in [1.82, 2.24) is 0 Å². The van der Waals surface area contributed by atoms with E-state index in [1.807, 2.05) is 0 Å². The van der Waals surface area contributed by atoms with E-state index in [-0.39, 0.29) is 12.2 Å². The molecule has 0 radical (unpaired) electrons. The quantitative estimate of drug-likeness (QED) is 0.472. The van der Waals surface area contributed by atoms with Crippen LogP contribution in [0.3, 0.4) is 0 Å². The molecule has 0 amide bonds. The summed E-state index contributed by atoms with van der Waals surface area (Å²) in [6, 6.07) is 0. The van der Waals surface area contributed by atoms with Gasteiger partial charge in [0.2, 0.25) is 0 Å². The van der Waals surface area contributed by atoms with Gasteiger partial charge in [-0.1, -0.05) is 79.1 Å². The Morgan fingerprint density at radius 3 is 1.20 bits per heavy atom. The second-order valence-electron chi connectivity index (χ2n) is 6.60. The fourth-order valence-electron chi connectivity index (χ4n) is 2.53. The first-order chi connectivity index (χ1) is 9.52. The summed E-state index contributed by atoms with van der Waals surface area (Å²) in [6.45, 7) is 8.55. The van der Waals surface area contributed by atoms with E-state index in [9.17, 15) is 10.2 Å². The molecule has 2 heteroatoms. The minimum absolute atomic E-state index is 0.106. The van der Waals surface area contributed by atoms with Gasteiger partial charge in [-0.05, 0) is 24.7 Å². The van der Waals surface area contributed by atoms with Gasteiger partial charge in [0.15, 0.2) is 0 Å². The Kier molecular flexibility index (Phi) is 12.6. The number of hydrogen-bond donors (Lipinski definition) is 2. The summed E-state index contributed by atoms with van der Waals surface area (Å²) in [5, 5.41) is 19.7. The van der Waals surface area contributed by atoms with E-state index in [2.05, 4.69) is 27.7 Å². The Morgan fingerprint density at radius 1 is 0.600 bits per heavy atom. The second kappa shape index (κ2) is 12.6. The highest BCUT2D eigenvalue weighted by molar-refractivity contribution is 4.64. The lowest BCUT2D eigenvalue weighted by Crippen LogP contribution is -2.16. The van der Waals surface area contributed by atoms with Gasteiger partial charge < -0.3 is 10.2 Å². The van der Waals surface area contributed by atoms with Crippen LogP contribution in [0.1, 0.15) is 91.9 Å². The van der Waals surface area contributed by atoms with Gasteiger partial charge in [-0.25, -0.2) is 0 Å². The van der Waals surface area contributed by atoms with Crippen LogP contribution in [0.2, 0.25) is 0 Å². The monoisotopic (exact) mass is 286 g/mol. The number of rotatable bonds is 13. The molecule has 0 aliphatic rings. The van der Waals surface area contributed by atoms with Crippen molar-refractivity contribution in [1.29, 1.82) is 0 Å². The second-order valence-corrected chi connectivity index (χ2v) is 6.60. The van der Waals surface area contributed by atoms with Gasteiger partial charge in [0.1, 0.15) is 0 Å². The zero-order valence-electron chi connectivity index (χ0n) is 14.3. The molecule has 0 bridgehead atoms. The summed E-state index contributed by atoms with van der Waals surface area (Å²) in [5.41, 5.74) is 0. The van der Waals surface area contributed by atoms with E-state index in [1.54, 1.807) is 0 Å². The average Bonchev–Trinajstić information content (AvgIpc) is 2.47. The van der Waals surface area contributed by atoms with Gasteiger partial charge in [-0.2, -0.15) is 0 Å². The average molecular weight is 286 g/mol. The van der Waals surface area contributed by atoms with Crippen molar-refractivity contribution in [3.05, 3.63) is 0 Å². The normalized spacial score (nSPS) is 17.7. The van der Waals surface area contributed by atoms with Crippen LogP contribution in [-0.4, -0.2) is 22.4 Å². The zero-order valence-corrected chi connectivity index (χ0v) is 14.3. The molecule has 2 nitrogen and oxygen atoms in total. The summed E-state index contributed by atoms with van der Waals surface area (Å²) in [5.74, 6) is 0.883. The molecular formula is C18H38O2. The Morgan fingerprint density at radius 2 is 0.900 bits per heavy atom. The van der Waals surface area contributed by atoms with Crippen molar-refractivity contribution in [2.75, 3.05) is 0 Å². The predicted molar refractivity (Wildman–Crippen MR) is 87.9 cm³/mol. The first-order valence-electron chi connectivity index (χ1n) is 8.88. The SMILES string of the molecule is CCC(C)C(O)CCCCCCCCC(O)C(C)CC. The summed E-state index contributed by atoms with van der Waals surface area (Å²) in [4.78, 5) is 0. The van der Waals surface area contributed by atoms with Crippen LogP contribution in [0.25, 0.3) is 0 Å². The standard InChI is InChI=1S/C18H38O2/c1-5-15(3)17(19)13-11-9-7-8-10-12-14-18(20)16(4)6-2/h15-20H,5-14H2,1-4H3. The third-order valence-corrected chi connectivity index (χ3v) is 4.85. The maximum absolute atomic E-state index is 9.87. The molecule has 20 heavy (non-hydrogen) atoms. The number of aliphatic hydroxyl groups is 2. The van der Waals surface area contributed by atoms with Crippen LogP contribution in [0.15, 0.2) is 0 Å². The van der Waals surface area contributed by atoms with Crippen LogP contribution in [0.4, 0.5) is 0 Å². The van der Waals surface area contributed by atoms with Crippen LogP contribution in [0.5, 0.6) is 0 Å². The predicted octanol–water partition coefficient (Wildman–Crippen LogP) is 4.92. The van der Waals surface area contributed by atoms with Gasteiger partial charge >= 0.3 is 0 Å². The van der Waals surface area contributed by atoms with E-state index in [4.69, 9.17) is 0 Å². The lowest BCUT2D eigenvalue weighted by atomic mass is 9.95. The fraction of sp³-hybridized carbons (Fsp3) is 1.00. The lowest BCUT2D eigenvalue weighted by molar-refractivity contribution is 0.101. The molecular weight excluding hydrogens is 248 g/mol. The third-order valence-electron chi connectivity index (χ3n) is 4.85. The molecule has 0 heterocycles. The molecule has 4 atom stereocenters.